The first-order chi connectivity index (χ1) is 11.1. The van der Waals surface area contributed by atoms with Gasteiger partial charge < -0.3 is 10.3 Å². The summed E-state index contributed by atoms with van der Waals surface area (Å²) < 4.78 is 0. The number of benzene rings is 1. The molecule has 0 saturated carbocycles. The lowest BCUT2D eigenvalue weighted by molar-refractivity contribution is 0.0942. The molecular weight excluding hydrogens is 310 g/mol. The van der Waals surface area contributed by atoms with Crippen molar-refractivity contribution in [1.82, 2.24) is 15.3 Å². The summed E-state index contributed by atoms with van der Waals surface area (Å²) in [5.74, 6) is -0.153. The molecule has 5 heteroatoms. The van der Waals surface area contributed by atoms with Crippen LogP contribution in [0.2, 0.25) is 5.02 Å². The topological polar surface area (TPSA) is 57.8 Å². The quantitative estimate of drug-likeness (QED) is 0.764. The first kappa shape index (κ1) is 15.3. The highest BCUT2D eigenvalue weighted by Gasteiger charge is 2.20. The predicted octanol–water partition coefficient (Wildman–Crippen LogP) is 3.89. The van der Waals surface area contributed by atoms with E-state index in [1.54, 1.807) is 24.5 Å². The molecule has 0 aliphatic heterocycles. The Hall–Kier alpha value is -2.59. The van der Waals surface area contributed by atoms with Crippen molar-refractivity contribution in [1.29, 1.82) is 0 Å². The summed E-state index contributed by atoms with van der Waals surface area (Å²) in [4.78, 5) is 20.0. The summed E-state index contributed by atoms with van der Waals surface area (Å²) in [6.07, 6.45) is 3.46. The monoisotopic (exact) mass is 325 g/mol. The Balaban J connectivity index is 1.96. The summed E-state index contributed by atoms with van der Waals surface area (Å²) in [5, 5.41) is 3.66. The zero-order chi connectivity index (χ0) is 16.2. The standard InChI is InChI=1S/C18H16ClN3O/c1-12-15(8-10-20-12)18(23)22-17(16-7-2-3-9-21-16)13-5-4-6-14(19)11-13/h2-11,17,20H,1H3,(H,22,23)/t17-/m1/s1. The summed E-state index contributed by atoms with van der Waals surface area (Å²) in [6.45, 7) is 1.87. The van der Waals surface area contributed by atoms with Crippen molar-refractivity contribution >= 4 is 17.5 Å². The highest BCUT2D eigenvalue weighted by atomic mass is 35.5. The fraction of sp³-hybridized carbons (Fsp3) is 0.111. The zero-order valence-electron chi connectivity index (χ0n) is 12.6. The molecule has 4 nitrogen and oxygen atoms in total. The molecule has 116 valence electrons. The Kier molecular flexibility index (Phi) is 4.44. The lowest BCUT2D eigenvalue weighted by Gasteiger charge is -2.19. The number of aromatic amines is 1. The minimum Gasteiger partial charge on any atom is -0.365 e. The molecule has 3 aromatic rings. The van der Waals surface area contributed by atoms with Gasteiger partial charge >= 0.3 is 0 Å². The second-order valence-electron chi connectivity index (χ2n) is 5.23. The van der Waals surface area contributed by atoms with Gasteiger partial charge in [-0.3, -0.25) is 9.78 Å². The van der Waals surface area contributed by atoms with Crippen LogP contribution in [-0.4, -0.2) is 15.9 Å². The molecule has 2 N–H and O–H groups in total. The van der Waals surface area contributed by atoms with E-state index in [1.165, 1.54) is 0 Å². The fourth-order valence-electron chi connectivity index (χ4n) is 2.47. The Morgan fingerprint density at radius 1 is 1.22 bits per heavy atom. The van der Waals surface area contributed by atoms with Crippen molar-refractivity contribution in [3.05, 3.63) is 88.5 Å². The molecular formula is C18H16ClN3O. The number of amides is 1. The van der Waals surface area contributed by atoms with Crippen LogP contribution in [0.3, 0.4) is 0 Å². The van der Waals surface area contributed by atoms with Gasteiger partial charge in [-0.1, -0.05) is 29.8 Å². The number of halogens is 1. The first-order valence-electron chi connectivity index (χ1n) is 7.26. The summed E-state index contributed by atoms with van der Waals surface area (Å²) in [6, 6.07) is 14.5. The largest absolute Gasteiger partial charge is 0.365 e. The number of H-pyrrole nitrogens is 1. The Morgan fingerprint density at radius 2 is 2.09 bits per heavy atom. The van der Waals surface area contributed by atoms with Gasteiger partial charge in [0.15, 0.2) is 0 Å². The SMILES string of the molecule is Cc1[nH]ccc1C(=O)N[C@H](c1cccc(Cl)c1)c1ccccn1. The molecule has 1 aromatic carbocycles. The number of hydrogen-bond acceptors (Lipinski definition) is 2. The van der Waals surface area contributed by atoms with Crippen LogP contribution in [0.25, 0.3) is 0 Å². The van der Waals surface area contributed by atoms with Crippen LogP contribution >= 0.6 is 11.6 Å². The molecule has 0 fully saturated rings. The molecule has 0 aliphatic carbocycles. The molecule has 1 atom stereocenters. The van der Waals surface area contributed by atoms with Crippen LogP contribution in [0.1, 0.15) is 33.4 Å². The Bertz CT molecular complexity index is 814. The molecule has 2 aromatic heterocycles. The van der Waals surface area contributed by atoms with Crippen LogP contribution in [-0.2, 0) is 0 Å². The smallest absolute Gasteiger partial charge is 0.253 e. The fourth-order valence-corrected chi connectivity index (χ4v) is 2.67. The van der Waals surface area contributed by atoms with Gasteiger partial charge in [0.2, 0.25) is 0 Å². The number of carbonyl (C=O) groups is 1. The van der Waals surface area contributed by atoms with Gasteiger partial charge in [-0.2, -0.15) is 0 Å². The Labute approximate surface area is 139 Å². The number of pyridine rings is 1. The van der Waals surface area contributed by atoms with Crippen molar-refractivity contribution in [2.75, 3.05) is 0 Å². The lowest BCUT2D eigenvalue weighted by Crippen LogP contribution is -2.30. The third-order valence-corrected chi connectivity index (χ3v) is 3.87. The van der Waals surface area contributed by atoms with Crippen LogP contribution < -0.4 is 5.32 Å². The Morgan fingerprint density at radius 3 is 2.74 bits per heavy atom. The second kappa shape index (κ2) is 6.67. The number of nitrogens with one attached hydrogen (secondary N) is 2. The minimum absolute atomic E-state index is 0.153. The molecule has 0 radical (unpaired) electrons. The normalized spacial score (nSPS) is 11.9. The first-order valence-corrected chi connectivity index (χ1v) is 7.64. The van der Waals surface area contributed by atoms with Gasteiger partial charge in [0.25, 0.3) is 5.91 Å². The van der Waals surface area contributed by atoms with Gasteiger partial charge in [-0.05, 0) is 42.8 Å². The number of rotatable bonds is 4. The summed E-state index contributed by atoms with van der Waals surface area (Å²) >= 11 is 6.10. The van der Waals surface area contributed by atoms with Crippen LogP contribution in [0.15, 0.2) is 60.9 Å². The van der Waals surface area contributed by atoms with Crippen LogP contribution in [0.5, 0.6) is 0 Å². The van der Waals surface area contributed by atoms with E-state index in [-0.39, 0.29) is 11.9 Å². The van der Waals surface area contributed by atoms with E-state index in [0.717, 1.165) is 17.0 Å². The van der Waals surface area contributed by atoms with Crippen molar-refractivity contribution in [2.45, 2.75) is 13.0 Å². The van der Waals surface area contributed by atoms with E-state index in [0.29, 0.717) is 10.6 Å². The van der Waals surface area contributed by atoms with E-state index >= 15 is 0 Å². The molecule has 1 amide bonds. The van der Waals surface area contributed by atoms with Crippen molar-refractivity contribution < 1.29 is 4.79 Å². The number of hydrogen-bond donors (Lipinski definition) is 2. The number of aryl methyl sites for hydroxylation is 1. The highest BCUT2D eigenvalue weighted by molar-refractivity contribution is 6.30. The number of nitrogens with zero attached hydrogens (tertiary/aromatic N) is 1. The summed E-state index contributed by atoms with van der Waals surface area (Å²) in [5.41, 5.74) is 3.09. The molecule has 0 spiro atoms. The van der Waals surface area contributed by atoms with Gasteiger partial charge in [0, 0.05) is 23.1 Å². The molecule has 23 heavy (non-hydrogen) atoms. The summed E-state index contributed by atoms with van der Waals surface area (Å²) in [7, 11) is 0. The second-order valence-corrected chi connectivity index (χ2v) is 5.67. The predicted molar refractivity (Wildman–Crippen MR) is 90.5 cm³/mol. The van der Waals surface area contributed by atoms with Gasteiger partial charge in [0.05, 0.1) is 17.3 Å². The van der Waals surface area contributed by atoms with Crippen molar-refractivity contribution in [3.8, 4) is 0 Å². The van der Waals surface area contributed by atoms with Crippen LogP contribution in [0, 0.1) is 6.92 Å². The average Bonchev–Trinajstić information content (AvgIpc) is 2.99. The van der Waals surface area contributed by atoms with Crippen LogP contribution in [0.4, 0.5) is 0 Å². The number of aromatic nitrogens is 2. The third kappa shape index (κ3) is 3.43. The van der Waals surface area contributed by atoms with E-state index in [9.17, 15) is 4.79 Å². The third-order valence-electron chi connectivity index (χ3n) is 3.64. The number of carbonyl (C=O) groups excluding carboxylic acids is 1. The van der Waals surface area contributed by atoms with E-state index < -0.39 is 0 Å². The lowest BCUT2D eigenvalue weighted by atomic mass is 10.0. The molecule has 0 aliphatic rings. The molecule has 3 rings (SSSR count). The van der Waals surface area contributed by atoms with Gasteiger partial charge in [-0.25, -0.2) is 0 Å². The average molecular weight is 326 g/mol. The van der Waals surface area contributed by atoms with E-state index in [2.05, 4.69) is 15.3 Å². The minimum atomic E-state index is -0.364. The maximum absolute atomic E-state index is 12.6. The zero-order valence-corrected chi connectivity index (χ0v) is 13.3. The van der Waals surface area contributed by atoms with E-state index in [1.807, 2.05) is 43.3 Å². The molecule has 0 saturated heterocycles. The van der Waals surface area contributed by atoms with Crippen molar-refractivity contribution in [2.24, 2.45) is 0 Å². The van der Waals surface area contributed by atoms with Gasteiger partial charge in [0.1, 0.15) is 0 Å². The van der Waals surface area contributed by atoms with Crippen molar-refractivity contribution in [3.63, 3.8) is 0 Å². The molecule has 2 heterocycles. The van der Waals surface area contributed by atoms with E-state index in [4.69, 9.17) is 11.6 Å². The molecule has 0 unspecified atom stereocenters. The maximum Gasteiger partial charge on any atom is 0.253 e. The maximum atomic E-state index is 12.6. The highest BCUT2D eigenvalue weighted by Crippen LogP contribution is 2.23. The van der Waals surface area contributed by atoms with Gasteiger partial charge in [-0.15, -0.1) is 0 Å². The molecule has 0 bridgehead atoms.